The fraction of sp³-hybridized carbons (Fsp3) is 0.500. The first-order chi connectivity index (χ1) is 7.48. The van der Waals surface area contributed by atoms with Gasteiger partial charge in [-0.3, -0.25) is 4.79 Å². The highest BCUT2D eigenvalue weighted by Gasteiger charge is 2.28. The lowest BCUT2D eigenvalue weighted by Crippen LogP contribution is -2.39. The largest absolute Gasteiger partial charge is 0.390 e. The Hall–Kier alpha value is -1.12. The number of nitrogens with two attached hydrogens (primary N) is 1. The van der Waals surface area contributed by atoms with E-state index in [0.29, 0.717) is 5.01 Å². The maximum atomic E-state index is 12.6. The van der Waals surface area contributed by atoms with Crippen LogP contribution in [0.3, 0.4) is 0 Å². The van der Waals surface area contributed by atoms with Gasteiger partial charge in [-0.15, -0.1) is 11.3 Å². The van der Waals surface area contributed by atoms with Crippen molar-refractivity contribution in [2.75, 3.05) is 13.2 Å². The third-order valence-electron chi connectivity index (χ3n) is 1.70. The number of carbonyl (C=O) groups excluding carboxylic acids is 1. The average molecular weight is 251 g/mol. The van der Waals surface area contributed by atoms with Crippen LogP contribution in [0.4, 0.5) is 8.78 Å². The van der Waals surface area contributed by atoms with E-state index in [1.54, 1.807) is 0 Å². The molecule has 4 N–H and O–H groups in total. The molecule has 0 fully saturated rings. The lowest BCUT2D eigenvalue weighted by molar-refractivity contribution is -0.0462. The monoisotopic (exact) mass is 251 g/mol. The van der Waals surface area contributed by atoms with Crippen molar-refractivity contribution in [2.24, 2.45) is 5.73 Å². The van der Waals surface area contributed by atoms with Gasteiger partial charge in [0.05, 0.1) is 6.54 Å². The minimum atomic E-state index is -3.32. The summed E-state index contributed by atoms with van der Waals surface area (Å²) in [4.78, 5) is 15.1. The molecule has 1 heterocycles. The Bertz CT molecular complexity index is 370. The van der Waals surface area contributed by atoms with E-state index >= 15 is 0 Å². The predicted molar refractivity (Wildman–Crippen MR) is 54.4 cm³/mol. The standard InChI is InChI=1S/C8H11F2N3O2S/c9-8(10,4-14)3-12-7(15)5-2-16-6(1-11)13-5/h2,14H,1,3-4,11H2,(H,12,15). The highest BCUT2D eigenvalue weighted by Crippen LogP contribution is 2.11. The minimum Gasteiger partial charge on any atom is -0.390 e. The molecular formula is C8H11F2N3O2S. The molecule has 0 aliphatic heterocycles. The maximum Gasteiger partial charge on any atom is 0.287 e. The Balaban J connectivity index is 2.53. The molecule has 0 unspecified atom stereocenters. The Morgan fingerprint density at radius 1 is 1.69 bits per heavy atom. The third-order valence-corrected chi connectivity index (χ3v) is 2.57. The van der Waals surface area contributed by atoms with E-state index in [1.165, 1.54) is 16.7 Å². The van der Waals surface area contributed by atoms with Gasteiger partial charge < -0.3 is 16.2 Å². The van der Waals surface area contributed by atoms with Crippen LogP contribution in [-0.2, 0) is 6.54 Å². The van der Waals surface area contributed by atoms with Gasteiger partial charge in [-0.25, -0.2) is 13.8 Å². The van der Waals surface area contributed by atoms with Gasteiger partial charge in [0.15, 0.2) is 0 Å². The molecule has 0 saturated heterocycles. The zero-order chi connectivity index (χ0) is 12.2. The molecule has 0 saturated carbocycles. The zero-order valence-electron chi connectivity index (χ0n) is 8.24. The van der Waals surface area contributed by atoms with E-state index in [-0.39, 0.29) is 12.2 Å². The van der Waals surface area contributed by atoms with E-state index in [2.05, 4.69) is 4.98 Å². The summed E-state index contributed by atoms with van der Waals surface area (Å²) in [5.74, 6) is -4.02. The summed E-state index contributed by atoms with van der Waals surface area (Å²) in [6.07, 6.45) is 0. The number of halogens is 2. The zero-order valence-corrected chi connectivity index (χ0v) is 9.06. The number of aliphatic hydroxyl groups excluding tert-OH is 1. The number of thiazole rings is 1. The van der Waals surface area contributed by atoms with Crippen LogP contribution < -0.4 is 11.1 Å². The van der Waals surface area contributed by atoms with Gasteiger partial charge in [0.2, 0.25) is 0 Å². The summed E-state index contributed by atoms with van der Waals surface area (Å²) >= 11 is 1.18. The van der Waals surface area contributed by atoms with Crippen molar-refractivity contribution in [3.63, 3.8) is 0 Å². The number of nitrogens with one attached hydrogen (secondary N) is 1. The molecule has 0 bridgehead atoms. The van der Waals surface area contributed by atoms with Crippen molar-refractivity contribution in [1.82, 2.24) is 10.3 Å². The number of aliphatic hydroxyl groups is 1. The molecule has 0 atom stereocenters. The van der Waals surface area contributed by atoms with E-state index in [1.807, 2.05) is 5.32 Å². The van der Waals surface area contributed by atoms with E-state index < -0.39 is 25.0 Å². The molecule has 1 aromatic rings. The number of hydrogen-bond acceptors (Lipinski definition) is 5. The Morgan fingerprint density at radius 3 is 2.88 bits per heavy atom. The van der Waals surface area contributed by atoms with Crippen molar-refractivity contribution in [2.45, 2.75) is 12.5 Å². The average Bonchev–Trinajstić information content (AvgIpc) is 2.74. The molecule has 90 valence electrons. The van der Waals surface area contributed by atoms with E-state index in [0.717, 1.165) is 0 Å². The Kier molecular flexibility index (Phi) is 4.27. The van der Waals surface area contributed by atoms with Crippen LogP contribution in [0.15, 0.2) is 5.38 Å². The number of nitrogens with zero attached hydrogens (tertiary/aromatic N) is 1. The molecule has 8 heteroatoms. The van der Waals surface area contributed by atoms with Crippen molar-refractivity contribution in [1.29, 1.82) is 0 Å². The first-order valence-corrected chi connectivity index (χ1v) is 5.28. The fourth-order valence-electron chi connectivity index (χ4n) is 0.865. The first-order valence-electron chi connectivity index (χ1n) is 4.40. The summed E-state index contributed by atoms with van der Waals surface area (Å²) in [7, 11) is 0. The van der Waals surface area contributed by atoms with Crippen LogP contribution in [0.1, 0.15) is 15.5 Å². The number of hydrogen-bond donors (Lipinski definition) is 3. The highest BCUT2D eigenvalue weighted by atomic mass is 32.1. The first kappa shape index (κ1) is 12.9. The van der Waals surface area contributed by atoms with Crippen molar-refractivity contribution >= 4 is 17.2 Å². The number of rotatable bonds is 5. The third kappa shape index (κ3) is 3.47. The molecule has 0 spiro atoms. The summed E-state index contributed by atoms with van der Waals surface area (Å²) in [6.45, 7) is -2.03. The molecule has 1 amide bonds. The number of aromatic nitrogens is 1. The number of alkyl halides is 2. The normalized spacial score (nSPS) is 11.5. The van der Waals surface area contributed by atoms with Crippen LogP contribution in [-0.4, -0.2) is 35.1 Å². The molecule has 0 aliphatic carbocycles. The van der Waals surface area contributed by atoms with Crippen LogP contribution in [0.25, 0.3) is 0 Å². The summed E-state index contributed by atoms with van der Waals surface area (Å²) in [5.41, 5.74) is 5.35. The summed E-state index contributed by atoms with van der Waals surface area (Å²) in [5, 5.41) is 12.3. The second-order valence-corrected chi connectivity index (χ2v) is 3.97. The predicted octanol–water partition coefficient (Wildman–Crippen LogP) is -0.0408. The van der Waals surface area contributed by atoms with Crippen LogP contribution in [0.5, 0.6) is 0 Å². The summed E-state index contributed by atoms with van der Waals surface area (Å²) in [6, 6.07) is 0. The van der Waals surface area contributed by atoms with Gasteiger partial charge in [-0.2, -0.15) is 0 Å². The number of amides is 1. The second-order valence-electron chi connectivity index (χ2n) is 3.03. The van der Waals surface area contributed by atoms with Crippen LogP contribution in [0, 0.1) is 0 Å². The van der Waals surface area contributed by atoms with Crippen molar-refractivity contribution in [3.05, 3.63) is 16.1 Å². The lowest BCUT2D eigenvalue weighted by Gasteiger charge is -2.12. The fourth-order valence-corrected chi connectivity index (χ4v) is 1.52. The SMILES string of the molecule is NCc1nc(C(=O)NCC(F)(F)CO)cs1. The highest BCUT2D eigenvalue weighted by molar-refractivity contribution is 7.09. The summed E-state index contributed by atoms with van der Waals surface area (Å²) < 4.78 is 25.2. The molecule has 1 aromatic heterocycles. The Labute approximate surface area is 94.3 Å². The quantitative estimate of drug-likeness (QED) is 0.685. The second kappa shape index (κ2) is 5.28. The maximum absolute atomic E-state index is 12.6. The topological polar surface area (TPSA) is 88.2 Å². The van der Waals surface area contributed by atoms with Gasteiger partial charge in [0.1, 0.15) is 17.3 Å². The Morgan fingerprint density at radius 2 is 2.38 bits per heavy atom. The minimum absolute atomic E-state index is 0.0548. The molecule has 5 nitrogen and oxygen atoms in total. The van der Waals surface area contributed by atoms with Gasteiger partial charge >= 0.3 is 0 Å². The van der Waals surface area contributed by atoms with Gasteiger partial charge in [-0.05, 0) is 0 Å². The van der Waals surface area contributed by atoms with E-state index in [9.17, 15) is 13.6 Å². The molecule has 0 radical (unpaired) electrons. The lowest BCUT2D eigenvalue weighted by atomic mass is 10.3. The molecule has 0 aromatic carbocycles. The van der Waals surface area contributed by atoms with Crippen LogP contribution in [0.2, 0.25) is 0 Å². The van der Waals surface area contributed by atoms with Gasteiger partial charge in [-0.1, -0.05) is 0 Å². The molecule has 16 heavy (non-hydrogen) atoms. The van der Waals surface area contributed by atoms with Crippen molar-refractivity contribution < 1.29 is 18.7 Å². The van der Waals surface area contributed by atoms with Crippen molar-refractivity contribution in [3.8, 4) is 0 Å². The van der Waals surface area contributed by atoms with E-state index in [4.69, 9.17) is 10.8 Å². The smallest absolute Gasteiger partial charge is 0.287 e. The van der Waals surface area contributed by atoms with Gasteiger partial charge in [0, 0.05) is 11.9 Å². The molecular weight excluding hydrogens is 240 g/mol. The molecule has 1 rings (SSSR count). The van der Waals surface area contributed by atoms with Gasteiger partial charge in [0.25, 0.3) is 11.8 Å². The number of carbonyl (C=O) groups is 1. The molecule has 0 aliphatic rings. The van der Waals surface area contributed by atoms with Crippen LogP contribution >= 0.6 is 11.3 Å².